The second-order valence-electron chi connectivity index (χ2n) is 6.33. The van der Waals surface area contributed by atoms with Gasteiger partial charge in [0.25, 0.3) is 0 Å². The van der Waals surface area contributed by atoms with E-state index in [1.165, 1.54) is 0 Å². The summed E-state index contributed by atoms with van der Waals surface area (Å²) < 4.78 is 0. The summed E-state index contributed by atoms with van der Waals surface area (Å²) in [7, 11) is 0. The molecule has 0 aliphatic heterocycles. The number of benzene rings is 2. The summed E-state index contributed by atoms with van der Waals surface area (Å²) in [5, 5.41) is 5.73. The SMILES string of the molecule is CSCCC(NC(=O)Cc1ccccc1)C(=O)NCC(N)c1ccccc1.Cl. The Morgan fingerprint density at radius 2 is 1.64 bits per heavy atom. The summed E-state index contributed by atoms with van der Waals surface area (Å²) in [6, 6.07) is 18.3. The molecule has 2 rings (SSSR count). The molecule has 0 spiro atoms. The van der Waals surface area contributed by atoms with Crippen LogP contribution in [0.4, 0.5) is 0 Å². The third kappa shape index (κ3) is 8.33. The number of hydrogen-bond donors (Lipinski definition) is 3. The van der Waals surface area contributed by atoms with Gasteiger partial charge in [-0.3, -0.25) is 9.59 Å². The van der Waals surface area contributed by atoms with E-state index in [4.69, 9.17) is 5.73 Å². The molecule has 2 atom stereocenters. The van der Waals surface area contributed by atoms with E-state index in [0.717, 1.165) is 16.9 Å². The molecule has 2 amide bonds. The molecule has 0 saturated carbocycles. The predicted octanol–water partition coefficient (Wildman–Crippen LogP) is 2.71. The number of halogens is 1. The van der Waals surface area contributed by atoms with Gasteiger partial charge < -0.3 is 16.4 Å². The molecule has 0 bridgehead atoms. The van der Waals surface area contributed by atoms with Gasteiger partial charge in [0.15, 0.2) is 0 Å². The van der Waals surface area contributed by atoms with Gasteiger partial charge in [0.1, 0.15) is 6.04 Å². The van der Waals surface area contributed by atoms with Crippen LogP contribution in [0.3, 0.4) is 0 Å². The molecule has 2 aromatic rings. The summed E-state index contributed by atoms with van der Waals surface area (Å²) in [6.45, 7) is 0.327. The third-order valence-electron chi connectivity index (χ3n) is 4.19. The lowest BCUT2D eigenvalue weighted by Gasteiger charge is -2.20. The minimum absolute atomic E-state index is 0. The van der Waals surface area contributed by atoms with Crippen molar-refractivity contribution in [2.75, 3.05) is 18.6 Å². The van der Waals surface area contributed by atoms with Gasteiger partial charge in [-0.15, -0.1) is 12.4 Å². The van der Waals surface area contributed by atoms with Crippen LogP contribution in [0.15, 0.2) is 60.7 Å². The highest BCUT2D eigenvalue weighted by atomic mass is 35.5. The summed E-state index contributed by atoms with van der Waals surface area (Å²) in [5.74, 6) is 0.431. The van der Waals surface area contributed by atoms with E-state index in [9.17, 15) is 9.59 Å². The molecule has 7 heteroatoms. The van der Waals surface area contributed by atoms with Crippen molar-refractivity contribution in [3.05, 3.63) is 71.8 Å². The Morgan fingerprint density at radius 3 is 2.25 bits per heavy atom. The quantitative estimate of drug-likeness (QED) is 0.550. The Kier molecular flexibility index (Phi) is 11.3. The van der Waals surface area contributed by atoms with Crippen LogP contribution in [0.1, 0.15) is 23.6 Å². The van der Waals surface area contributed by atoms with Crippen LogP contribution in [-0.2, 0) is 16.0 Å². The topological polar surface area (TPSA) is 84.2 Å². The molecule has 0 aliphatic carbocycles. The Labute approximate surface area is 177 Å². The van der Waals surface area contributed by atoms with Crippen molar-refractivity contribution in [1.29, 1.82) is 0 Å². The van der Waals surface area contributed by atoms with E-state index >= 15 is 0 Å². The molecule has 152 valence electrons. The van der Waals surface area contributed by atoms with Crippen LogP contribution in [0.5, 0.6) is 0 Å². The average molecular weight is 422 g/mol. The predicted molar refractivity (Wildman–Crippen MR) is 119 cm³/mol. The van der Waals surface area contributed by atoms with Crippen molar-refractivity contribution in [2.24, 2.45) is 5.73 Å². The zero-order valence-electron chi connectivity index (χ0n) is 16.0. The fourth-order valence-corrected chi connectivity index (χ4v) is 3.15. The third-order valence-corrected chi connectivity index (χ3v) is 4.84. The van der Waals surface area contributed by atoms with Gasteiger partial charge in [-0.1, -0.05) is 60.7 Å². The lowest BCUT2D eigenvalue weighted by atomic mass is 10.1. The Bertz CT molecular complexity index is 716. The smallest absolute Gasteiger partial charge is 0.242 e. The highest BCUT2D eigenvalue weighted by molar-refractivity contribution is 7.98. The van der Waals surface area contributed by atoms with Gasteiger partial charge in [-0.25, -0.2) is 0 Å². The average Bonchev–Trinajstić information content (AvgIpc) is 2.70. The number of nitrogens with one attached hydrogen (secondary N) is 2. The molecular formula is C21H28ClN3O2S. The maximum Gasteiger partial charge on any atom is 0.242 e. The number of carbonyl (C=O) groups excluding carboxylic acids is 2. The van der Waals surface area contributed by atoms with E-state index in [2.05, 4.69) is 10.6 Å². The lowest BCUT2D eigenvalue weighted by molar-refractivity contribution is -0.128. The van der Waals surface area contributed by atoms with Crippen LogP contribution < -0.4 is 16.4 Å². The molecule has 5 nitrogen and oxygen atoms in total. The normalized spacial score (nSPS) is 12.4. The highest BCUT2D eigenvalue weighted by Gasteiger charge is 2.21. The van der Waals surface area contributed by atoms with Gasteiger partial charge in [-0.2, -0.15) is 11.8 Å². The lowest BCUT2D eigenvalue weighted by Crippen LogP contribution is -2.48. The van der Waals surface area contributed by atoms with Crippen molar-refractivity contribution in [3.8, 4) is 0 Å². The fraction of sp³-hybridized carbons (Fsp3) is 0.333. The second kappa shape index (κ2) is 13.2. The first-order chi connectivity index (χ1) is 13.1. The van der Waals surface area contributed by atoms with Crippen LogP contribution in [0, 0.1) is 0 Å². The van der Waals surface area contributed by atoms with Crippen molar-refractivity contribution >= 4 is 36.0 Å². The number of carbonyl (C=O) groups is 2. The summed E-state index contributed by atoms with van der Waals surface area (Å²) >= 11 is 1.64. The van der Waals surface area contributed by atoms with Crippen molar-refractivity contribution < 1.29 is 9.59 Å². The Balaban J connectivity index is 0.00000392. The molecule has 28 heavy (non-hydrogen) atoms. The summed E-state index contributed by atoms with van der Waals surface area (Å²) in [4.78, 5) is 24.9. The molecule has 0 radical (unpaired) electrons. The first-order valence-electron chi connectivity index (χ1n) is 9.00. The molecule has 0 fully saturated rings. The molecule has 0 aromatic heterocycles. The zero-order chi connectivity index (χ0) is 19.5. The van der Waals surface area contributed by atoms with E-state index in [1.807, 2.05) is 66.9 Å². The molecule has 0 heterocycles. The van der Waals surface area contributed by atoms with E-state index in [1.54, 1.807) is 11.8 Å². The zero-order valence-corrected chi connectivity index (χ0v) is 17.6. The second-order valence-corrected chi connectivity index (χ2v) is 7.31. The monoisotopic (exact) mass is 421 g/mol. The van der Waals surface area contributed by atoms with Crippen molar-refractivity contribution in [2.45, 2.75) is 24.9 Å². The standard InChI is InChI=1S/C21H27N3O2S.ClH/c1-27-13-12-19(24-20(25)14-16-8-4-2-5-9-16)21(26)23-15-18(22)17-10-6-3-7-11-17;/h2-11,18-19H,12-15,22H2,1H3,(H,23,26)(H,24,25);1H. The van der Waals surface area contributed by atoms with Gasteiger partial charge in [-0.05, 0) is 29.6 Å². The highest BCUT2D eigenvalue weighted by Crippen LogP contribution is 2.09. The molecule has 2 unspecified atom stereocenters. The first-order valence-corrected chi connectivity index (χ1v) is 10.4. The van der Waals surface area contributed by atoms with E-state index < -0.39 is 6.04 Å². The minimum atomic E-state index is -0.559. The van der Waals surface area contributed by atoms with Gasteiger partial charge >= 0.3 is 0 Å². The van der Waals surface area contributed by atoms with Crippen LogP contribution in [-0.4, -0.2) is 36.4 Å². The molecular weight excluding hydrogens is 394 g/mol. The minimum Gasteiger partial charge on any atom is -0.352 e. The van der Waals surface area contributed by atoms with E-state index in [0.29, 0.717) is 13.0 Å². The summed E-state index contributed by atoms with van der Waals surface area (Å²) in [5.41, 5.74) is 8.03. The number of nitrogens with two attached hydrogens (primary N) is 1. The number of amides is 2. The van der Waals surface area contributed by atoms with Crippen molar-refractivity contribution in [1.82, 2.24) is 10.6 Å². The molecule has 0 saturated heterocycles. The van der Waals surface area contributed by atoms with Gasteiger partial charge in [0.05, 0.1) is 6.42 Å². The summed E-state index contributed by atoms with van der Waals surface area (Å²) in [6.07, 6.45) is 2.81. The molecule has 2 aromatic carbocycles. The first kappa shape index (κ1) is 24.0. The maximum atomic E-state index is 12.6. The van der Waals surface area contributed by atoms with E-state index in [-0.39, 0.29) is 36.7 Å². The number of rotatable bonds is 10. The maximum absolute atomic E-state index is 12.6. The number of thioether (sulfide) groups is 1. The fourth-order valence-electron chi connectivity index (χ4n) is 2.68. The molecule has 0 aliphatic rings. The van der Waals surface area contributed by atoms with Crippen LogP contribution >= 0.6 is 24.2 Å². The van der Waals surface area contributed by atoms with Gasteiger partial charge in [0, 0.05) is 12.6 Å². The van der Waals surface area contributed by atoms with Gasteiger partial charge in [0.2, 0.25) is 11.8 Å². The Hall–Kier alpha value is -2.02. The van der Waals surface area contributed by atoms with Crippen molar-refractivity contribution in [3.63, 3.8) is 0 Å². The molecule has 4 N–H and O–H groups in total. The number of hydrogen-bond acceptors (Lipinski definition) is 4. The Morgan fingerprint density at radius 1 is 1.04 bits per heavy atom. The van der Waals surface area contributed by atoms with Crippen LogP contribution in [0.2, 0.25) is 0 Å². The largest absolute Gasteiger partial charge is 0.352 e. The van der Waals surface area contributed by atoms with Crippen LogP contribution in [0.25, 0.3) is 0 Å².